The SMILES string of the molecule is COc1ccc(-c2coc3cc(OC4OC(COC(C)=O)[C@H](O)[C@H](O)[C@H]4OC(C)=O)ccc3c2=O)cc1. The Kier molecular flexibility index (Phi) is 7.77. The quantitative estimate of drug-likeness (QED) is 0.444. The third-order valence-electron chi connectivity index (χ3n) is 5.80. The highest BCUT2D eigenvalue weighted by Crippen LogP contribution is 2.29. The molecular formula is C26H26O11. The maximum atomic E-state index is 13.1. The van der Waals surface area contributed by atoms with Gasteiger partial charge in [0.1, 0.15) is 48.3 Å². The number of carbonyl (C=O) groups excluding carboxylic acids is 2. The van der Waals surface area contributed by atoms with Crippen LogP contribution in [0.3, 0.4) is 0 Å². The van der Waals surface area contributed by atoms with Crippen LogP contribution < -0.4 is 14.9 Å². The molecule has 11 heteroatoms. The second-order valence-corrected chi connectivity index (χ2v) is 8.38. The van der Waals surface area contributed by atoms with Crippen LogP contribution in [0, 0.1) is 0 Å². The van der Waals surface area contributed by atoms with E-state index in [1.54, 1.807) is 31.4 Å². The molecule has 1 aliphatic rings. The summed E-state index contributed by atoms with van der Waals surface area (Å²) < 4.78 is 32.4. The van der Waals surface area contributed by atoms with Crippen LogP contribution in [0.1, 0.15) is 13.8 Å². The fraction of sp³-hybridized carbons (Fsp3) is 0.346. The van der Waals surface area contributed by atoms with Crippen LogP contribution in [-0.4, -0.2) is 66.6 Å². The first kappa shape index (κ1) is 26.1. The molecule has 4 rings (SSSR count). The van der Waals surface area contributed by atoms with Crippen molar-refractivity contribution in [2.75, 3.05) is 13.7 Å². The first-order chi connectivity index (χ1) is 17.7. The Bertz CT molecular complexity index is 1330. The molecule has 0 saturated carbocycles. The van der Waals surface area contributed by atoms with E-state index in [2.05, 4.69) is 0 Å². The maximum Gasteiger partial charge on any atom is 0.303 e. The number of ether oxygens (including phenoxy) is 5. The molecule has 0 aliphatic carbocycles. The van der Waals surface area contributed by atoms with Crippen molar-refractivity contribution in [2.45, 2.75) is 44.6 Å². The Labute approximate surface area is 211 Å². The summed E-state index contributed by atoms with van der Waals surface area (Å²) in [5.74, 6) is -0.517. The number of hydrogen-bond acceptors (Lipinski definition) is 11. The molecule has 2 heterocycles. The summed E-state index contributed by atoms with van der Waals surface area (Å²) in [5, 5.41) is 21.2. The molecule has 11 nitrogen and oxygen atoms in total. The minimum Gasteiger partial charge on any atom is -0.497 e. The Balaban J connectivity index is 1.61. The Morgan fingerprint density at radius 3 is 2.32 bits per heavy atom. The highest BCUT2D eigenvalue weighted by Gasteiger charge is 2.48. The van der Waals surface area contributed by atoms with Crippen LogP contribution in [0.2, 0.25) is 0 Å². The predicted octanol–water partition coefficient (Wildman–Crippen LogP) is 1.79. The van der Waals surface area contributed by atoms with Crippen molar-refractivity contribution < 1.29 is 47.9 Å². The van der Waals surface area contributed by atoms with Crippen LogP contribution in [0.4, 0.5) is 0 Å². The number of esters is 2. The van der Waals surface area contributed by atoms with Crippen molar-refractivity contribution in [3.05, 3.63) is 59.0 Å². The molecule has 2 unspecified atom stereocenters. The number of rotatable bonds is 7. The highest BCUT2D eigenvalue weighted by atomic mass is 16.7. The van der Waals surface area contributed by atoms with Gasteiger partial charge in [-0.25, -0.2) is 0 Å². The molecule has 2 aromatic carbocycles. The van der Waals surface area contributed by atoms with Gasteiger partial charge in [-0.2, -0.15) is 0 Å². The van der Waals surface area contributed by atoms with E-state index < -0.39 is 42.6 Å². The molecule has 1 fully saturated rings. The molecule has 2 N–H and O–H groups in total. The van der Waals surface area contributed by atoms with Gasteiger partial charge in [0.2, 0.25) is 6.29 Å². The number of benzene rings is 2. The standard InChI is InChI=1S/C26H26O11/c1-13(27)33-12-21-23(30)24(31)25(35-14(2)28)26(37-21)36-17-8-9-18-20(10-17)34-11-19(22(18)29)15-4-6-16(32-3)7-5-15/h4-11,21,23-26,30-31H,12H2,1-3H3/t21?,23-,24-,25+,26?/m0/s1. The topological polar surface area (TPSA) is 151 Å². The zero-order chi connectivity index (χ0) is 26.7. The van der Waals surface area contributed by atoms with Crippen molar-refractivity contribution >= 4 is 22.9 Å². The van der Waals surface area contributed by atoms with E-state index >= 15 is 0 Å². The van der Waals surface area contributed by atoms with Crippen LogP contribution in [0.25, 0.3) is 22.1 Å². The Morgan fingerprint density at radius 2 is 1.68 bits per heavy atom. The largest absolute Gasteiger partial charge is 0.497 e. The van der Waals surface area contributed by atoms with Gasteiger partial charge in [-0.05, 0) is 29.8 Å². The lowest BCUT2D eigenvalue weighted by atomic mass is 9.99. The molecule has 37 heavy (non-hydrogen) atoms. The van der Waals surface area contributed by atoms with Gasteiger partial charge in [-0.3, -0.25) is 14.4 Å². The fourth-order valence-electron chi connectivity index (χ4n) is 3.94. The second-order valence-electron chi connectivity index (χ2n) is 8.38. The van der Waals surface area contributed by atoms with Crippen molar-refractivity contribution in [2.24, 2.45) is 0 Å². The number of aliphatic hydroxyl groups is 2. The first-order valence-corrected chi connectivity index (χ1v) is 11.4. The van der Waals surface area contributed by atoms with E-state index in [0.29, 0.717) is 22.3 Å². The summed E-state index contributed by atoms with van der Waals surface area (Å²) >= 11 is 0. The molecule has 0 radical (unpaired) electrons. The monoisotopic (exact) mass is 514 g/mol. The molecule has 0 bridgehead atoms. The molecule has 1 saturated heterocycles. The molecular weight excluding hydrogens is 488 g/mol. The Morgan fingerprint density at radius 1 is 0.973 bits per heavy atom. The molecule has 196 valence electrons. The maximum absolute atomic E-state index is 13.1. The van der Waals surface area contributed by atoms with Crippen LogP contribution in [0.5, 0.6) is 11.5 Å². The molecule has 5 atom stereocenters. The van der Waals surface area contributed by atoms with Crippen molar-refractivity contribution in [3.8, 4) is 22.6 Å². The third kappa shape index (κ3) is 5.74. The zero-order valence-electron chi connectivity index (χ0n) is 20.3. The number of aliphatic hydroxyl groups excluding tert-OH is 2. The molecule has 0 amide bonds. The molecule has 0 spiro atoms. The zero-order valence-corrected chi connectivity index (χ0v) is 20.3. The van der Waals surface area contributed by atoms with E-state index in [9.17, 15) is 24.6 Å². The average Bonchev–Trinajstić information content (AvgIpc) is 2.87. The lowest BCUT2D eigenvalue weighted by Crippen LogP contribution is -2.61. The number of fused-ring (bicyclic) bond motifs is 1. The van der Waals surface area contributed by atoms with Gasteiger partial charge >= 0.3 is 11.9 Å². The minimum atomic E-state index is -1.59. The van der Waals surface area contributed by atoms with E-state index in [4.69, 9.17) is 28.1 Å². The summed E-state index contributed by atoms with van der Waals surface area (Å²) in [6.45, 7) is 1.96. The molecule has 1 aliphatic heterocycles. The predicted molar refractivity (Wildman–Crippen MR) is 128 cm³/mol. The Hall–Kier alpha value is -3.93. The summed E-state index contributed by atoms with van der Waals surface area (Å²) in [4.78, 5) is 35.9. The summed E-state index contributed by atoms with van der Waals surface area (Å²) in [6.07, 6.45) is -5.68. The second kappa shape index (κ2) is 11.0. The van der Waals surface area contributed by atoms with Gasteiger partial charge in [0.25, 0.3) is 0 Å². The summed E-state index contributed by atoms with van der Waals surface area (Å²) in [7, 11) is 1.55. The first-order valence-electron chi connectivity index (χ1n) is 11.4. The van der Waals surface area contributed by atoms with E-state index in [-0.39, 0.29) is 23.4 Å². The minimum absolute atomic E-state index is 0.171. The van der Waals surface area contributed by atoms with Crippen molar-refractivity contribution in [1.29, 1.82) is 0 Å². The smallest absolute Gasteiger partial charge is 0.303 e. The van der Waals surface area contributed by atoms with Crippen molar-refractivity contribution in [1.82, 2.24) is 0 Å². The number of methoxy groups -OCH3 is 1. The molecule has 1 aromatic heterocycles. The molecule has 3 aromatic rings. The fourth-order valence-corrected chi connectivity index (χ4v) is 3.94. The van der Waals surface area contributed by atoms with Gasteiger partial charge in [-0.15, -0.1) is 0 Å². The lowest BCUT2D eigenvalue weighted by Gasteiger charge is -2.41. The van der Waals surface area contributed by atoms with Gasteiger partial charge in [0.15, 0.2) is 11.5 Å². The third-order valence-corrected chi connectivity index (χ3v) is 5.80. The van der Waals surface area contributed by atoms with Crippen LogP contribution in [-0.2, 0) is 23.8 Å². The number of carbonyl (C=O) groups is 2. The van der Waals surface area contributed by atoms with Gasteiger partial charge < -0.3 is 38.3 Å². The van der Waals surface area contributed by atoms with Crippen molar-refractivity contribution in [3.63, 3.8) is 0 Å². The summed E-state index contributed by atoms with van der Waals surface area (Å²) in [5.41, 5.74) is 0.976. The lowest BCUT2D eigenvalue weighted by molar-refractivity contribution is -0.282. The summed E-state index contributed by atoms with van der Waals surface area (Å²) in [6, 6.07) is 11.4. The van der Waals surface area contributed by atoms with E-state index in [1.807, 2.05) is 0 Å². The van der Waals surface area contributed by atoms with Gasteiger partial charge in [-0.1, -0.05) is 12.1 Å². The number of hydrogen-bond donors (Lipinski definition) is 2. The normalized spacial score (nSPS) is 23.3. The highest BCUT2D eigenvalue weighted by molar-refractivity contribution is 5.82. The van der Waals surface area contributed by atoms with E-state index in [0.717, 1.165) is 6.92 Å². The average molecular weight is 514 g/mol. The van der Waals surface area contributed by atoms with E-state index in [1.165, 1.54) is 31.4 Å². The van der Waals surface area contributed by atoms with Crippen LogP contribution in [0.15, 0.2) is 57.9 Å². The van der Waals surface area contributed by atoms with Gasteiger partial charge in [0, 0.05) is 19.9 Å². The van der Waals surface area contributed by atoms with Gasteiger partial charge in [0.05, 0.1) is 18.1 Å². The van der Waals surface area contributed by atoms with Crippen LogP contribution >= 0.6 is 0 Å².